The third kappa shape index (κ3) is 3.05. The fourth-order valence-electron chi connectivity index (χ4n) is 3.82. The van der Waals surface area contributed by atoms with E-state index in [0.717, 1.165) is 24.5 Å². The Morgan fingerprint density at radius 2 is 2.00 bits per heavy atom. The third-order valence-corrected chi connectivity index (χ3v) is 6.30. The summed E-state index contributed by atoms with van der Waals surface area (Å²) in [5.41, 5.74) is 6.47. The summed E-state index contributed by atoms with van der Waals surface area (Å²) in [6, 6.07) is 1.46. The van der Waals surface area contributed by atoms with Crippen molar-refractivity contribution in [1.82, 2.24) is 4.90 Å². The van der Waals surface area contributed by atoms with E-state index in [1.54, 1.807) is 0 Å². The van der Waals surface area contributed by atoms with E-state index in [9.17, 15) is 0 Å². The molecule has 3 atom stereocenters. The molecule has 2 rings (SSSR count). The SMILES string of the molecule is CN(C1CCCCC1CN)C1CSCCC1(C)C. The second-order valence-corrected chi connectivity index (χ2v) is 7.99. The van der Waals surface area contributed by atoms with E-state index in [4.69, 9.17) is 5.73 Å². The highest BCUT2D eigenvalue weighted by Gasteiger charge is 2.39. The monoisotopic (exact) mass is 270 g/mol. The molecule has 106 valence electrons. The highest BCUT2D eigenvalue weighted by atomic mass is 32.2. The molecular weight excluding hydrogens is 240 g/mol. The van der Waals surface area contributed by atoms with E-state index >= 15 is 0 Å². The van der Waals surface area contributed by atoms with Crippen LogP contribution in [0, 0.1) is 11.3 Å². The van der Waals surface area contributed by atoms with Crippen molar-refractivity contribution < 1.29 is 0 Å². The normalized spacial score (nSPS) is 36.8. The Labute approximate surface area is 117 Å². The minimum Gasteiger partial charge on any atom is -0.330 e. The van der Waals surface area contributed by atoms with E-state index in [1.807, 2.05) is 0 Å². The number of nitrogens with two attached hydrogens (primary N) is 1. The molecule has 0 aromatic rings. The van der Waals surface area contributed by atoms with Crippen LogP contribution < -0.4 is 5.73 Å². The second kappa shape index (κ2) is 6.15. The molecule has 1 heterocycles. The molecule has 2 N–H and O–H groups in total. The van der Waals surface area contributed by atoms with Gasteiger partial charge in [-0.25, -0.2) is 0 Å². The van der Waals surface area contributed by atoms with Crippen LogP contribution in [0.2, 0.25) is 0 Å². The van der Waals surface area contributed by atoms with Crippen LogP contribution in [0.1, 0.15) is 46.0 Å². The van der Waals surface area contributed by atoms with Crippen LogP contribution in [0.5, 0.6) is 0 Å². The van der Waals surface area contributed by atoms with E-state index in [-0.39, 0.29) is 0 Å². The number of hydrogen-bond acceptors (Lipinski definition) is 3. The van der Waals surface area contributed by atoms with E-state index in [0.29, 0.717) is 5.41 Å². The molecule has 1 aliphatic carbocycles. The highest BCUT2D eigenvalue weighted by Crippen LogP contribution is 2.40. The predicted octanol–water partition coefficient (Wildman–Crippen LogP) is 2.97. The van der Waals surface area contributed by atoms with Crippen molar-refractivity contribution in [2.75, 3.05) is 25.1 Å². The summed E-state index contributed by atoms with van der Waals surface area (Å²) in [4.78, 5) is 2.70. The molecule has 0 radical (unpaired) electrons. The lowest BCUT2D eigenvalue weighted by Gasteiger charge is -2.49. The lowest BCUT2D eigenvalue weighted by Crippen LogP contribution is -2.55. The number of nitrogens with zero attached hydrogens (tertiary/aromatic N) is 1. The molecule has 3 heteroatoms. The molecule has 0 amide bonds. The Hall–Kier alpha value is 0.270. The Morgan fingerprint density at radius 1 is 1.28 bits per heavy atom. The molecule has 0 spiro atoms. The highest BCUT2D eigenvalue weighted by molar-refractivity contribution is 7.99. The Bertz CT molecular complexity index is 267. The van der Waals surface area contributed by atoms with Gasteiger partial charge in [-0.05, 0) is 49.9 Å². The van der Waals surface area contributed by atoms with Crippen molar-refractivity contribution >= 4 is 11.8 Å². The van der Waals surface area contributed by atoms with E-state index < -0.39 is 0 Å². The summed E-state index contributed by atoms with van der Waals surface area (Å²) in [5, 5.41) is 0. The first kappa shape index (κ1) is 14.7. The molecule has 2 fully saturated rings. The van der Waals surface area contributed by atoms with Crippen molar-refractivity contribution in [3.8, 4) is 0 Å². The maximum Gasteiger partial charge on any atom is 0.0237 e. The molecule has 0 aromatic carbocycles. The van der Waals surface area contributed by atoms with Gasteiger partial charge in [-0.3, -0.25) is 4.90 Å². The smallest absolute Gasteiger partial charge is 0.0237 e. The summed E-state index contributed by atoms with van der Waals surface area (Å²) < 4.78 is 0. The first-order valence-corrected chi connectivity index (χ1v) is 8.71. The summed E-state index contributed by atoms with van der Waals surface area (Å²) in [6.45, 7) is 5.78. The van der Waals surface area contributed by atoms with Gasteiger partial charge in [-0.1, -0.05) is 26.7 Å². The first-order chi connectivity index (χ1) is 8.56. The van der Waals surface area contributed by atoms with Crippen molar-refractivity contribution in [2.45, 2.75) is 58.0 Å². The van der Waals surface area contributed by atoms with Gasteiger partial charge in [-0.15, -0.1) is 0 Å². The Balaban J connectivity index is 2.06. The van der Waals surface area contributed by atoms with Crippen LogP contribution in [0.4, 0.5) is 0 Å². The van der Waals surface area contributed by atoms with Gasteiger partial charge in [0.25, 0.3) is 0 Å². The van der Waals surface area contributed by atoms with Crippen LogP contribution in [0.25, 0.3) is 0 Å². The fraction of sp³-hybridized carbons (Fsp3) is 1.00. The van der Waals surface area contributed by atoms with Gasteiger partial charge >= 0.3 is 0 Å². The van der Waals surface area contributed by atoms with Crippen LogP contribution >= 0.6 is 11.8 Å². The number of thioether (sulfide) groups is 1. The van der Waals surface area contributed by atoms with Crippen LogP contribution in [0.15, 0.2) is 0 Å². The third-order valence-electron chi connectivity index (χ3n) is 5.25. The molecule has 2 nitrogen and oxygen atoms in total. The van der Waals surface area contributed by atoms with Gasteiger partial charge in [-0.2, -0.15) is 11.8 Å². The van der Waals surface area contributed by atoms with Gasteiger partial charge in [0.1, 0.15) is 0 Å². The molecule has 18 heavy (non-hydrogen) atoms. The fourth-order valence-corrected chi connectivity index (χ4v) is 5.57. The van der Waals surface area contributed by atoms with Gasteiger partial charge < -0.3 is 5.73 Å². The quantitative estimate of drug-likeness (QED) is 0.855. The van der Waals surface area contributed by atoms with Crippen molar-refractivity contribution in [3.63, 3.8) is 0 Å². The minimum absolute atomic E-state index is 0.469. The molecule has 1 aliphatic heterocycles. The first-order valence-electron chi connectivity index (χ1n) is 7.56. The molecule has 2 aliphatic rings. The molecular formula is C15H30N2S. The van der Waals surface area contributed by atoms with E-state index in [2.05, 4.69) is 37.6 Å². The molecule has 0 bridgehead atoms. The molecule has 1 saturated carbocycles. The lowest BCUT2D eigenvalue weighted by molar-refractivity contribution is 0.0401. The second-order valence-electron chi connectivity index (χ2n) is 6.84. The lowest BCUT2D eigenvalue weighted by atomic mass is 9.78. The van der Waals surface area contributed by atoms with Crippen molar-refractivity contribution in [3.05, 3.63) is 0 Å². The van der Waals surface area contributed by atoms with Gasteiger partial charge in [0, 0.05) is 17.8 Å². The number of rotatable bonds is 3. The van der Waals surface area contributed by atoms with Gasteiger partial charge in [0.05, 0.1) is 0 Å². The largest absolute Gasteiger partial charge is 0.330 e. The topological polar surface area (TPSA) is 29.3 Å². The minimum atomic E-state index is 0.469. The Kier molecular flexibility index (Phi) is 5.01. The maximum absolute atomic E-state index is 6.00. The van der Waals surface area contributed by atoms with Crippen molar-refractivity contribution in [2.24, 2.45) is 17.1 Å². The zero-order chi connectivity index (χ0) is 13.2. The molecule has 0 aromatic heterocycles. The van der Waals surface area contributed by atoms with Crippen LogP contribution in [-0.4, -0.2) is 42.1 Å². The zero-order valence-corrected chi connectivity index (χ0v) is 13.1. The summed E-state index contributed by atoms with van der Waals surface area (Å²) in [5.74, 6) is 3.37. The van der Waals surface area contributed by atoms with E-state index in [1.165, 1.54) is 43.6 Å². The summed E-state index contributed by atoms with van der Waals surface area (Å²) >= 11 is 2.13. The van der Waals surface area contributed by atoms with Gasteiger partial charge in [0.15, 0.2) is 0 Å². The average Bonchev–Trinajstić information content (AvgIpc) is 2.37. The van der Waals surface area contributed by atoms with Gasteiger partial charge in [0.2, 0.25) is 0 Å². The Morgan fingerprint density at radius 3 is 2.67 bits per heavy atom. The van der Waals surface area contributed by atoms with Crippen LogP contribution in [0.3, 0.4) is 0 Å². The number of hydrogen-bond donors (Lipinski definition) is 1. The standard InChI is InChI=1S/C15H30N2S/c1-15(2)8-9-18-11-14(15)17(3)13-7-5-4-6-12(13)10-16/h12-14H,4-11,16H2,1-3H3. The molecule has 3 unspecified atom stereocenters. The maximum atomic E-state index is 6.00. The predicted molar refractivity (Wildman–Crippen MR) is 82.1 cm³/mol. The average molecular weight is 270 g/mol. The summed E-state index contributed by atoms with van der Waals surface area (Å²) in [6.07, 6.45) is 6.83. The van der Waals surface area contributed by atoms with Crippen LogP contribution in [-0.2, 0) is 0 Å². The summed E-state index contributed by atoms with van der Waals surface area (Å²) in [7, 11) is 2.36. The zero-order valence-electron chi connectivity index (χ0n) is 12.3. The molecule has 1 saturated heterocycles. The van der Waals surface area contributed by atoms with Crippen molar-refractivity contribution in [1.29, 1.82) is 0 Å².